The fraction of sp³-hybridized carbons (Fsp3) is 0.600. The normalized spacial score (nSPS) is 34.7. The lowest BCUT2D eigenvalue weighted by Gasteiger charge is -2.36. The molecule has 12 heavy (non-hydrogen) atoms. The third kappa shape index (κ3) is 1.08. The molecular weight excluding hydrogens is 162 g/mol. The first-order valence-corrected chi connectivity index (χ1v) is 3.31. The third-order valence-corrected chi connectivity index (χ3v) is 1.87. The molecule has 1 heterocycles. The monoisotopic (exact) mass is 173 g/mol. The number of hydrogen-bond acceptors (Lipinski definition) is 6. The zero-order valence-corrected chi connectivity index (χ0v) is 6.28. The molecule has 0 radical (unpaired) electrons. The summed E-state index contributed by atoms with van der Waals surface area (Å²) >= 11 is 0. The Morgan fingerprint density at radius 3 is 2.25 bits per heavy atom. The topological polar surface area (TPSA) is 150 Å². The summed E-state index contributed by atoms with van der Waals surface area (Å²) in [4.78, 5) is 21.8. The van der Waals surface area contributed by atoms with Crippen LogP contribution in [0.4, 0.5) is 0 Å². The standard InChI is InChI=1S/C5H11N5O2/c6-1-2(7)5(8,9)4(12)10-3(1)11/h1-2H,6-9H2,(H,10,11,12). The number of nitrogens with two attached hydrogens (primary N) is 4. The van der Waals surface area contributed by atoms with Gasteiger partial charge < -0.3 is 22.9 Å². The van der Waals surface area contributed by atoms with Gasteiger partial charge in [0.15, 0.2) is 5.66 Å². The van der Waals surface area contributed by atoms with Crippen molar-refractivity contribution in [2.45, 2.75) is 17.7 Å². The number of piperidine rings is 1. The molecule has 0 aromatic carbocycles. The van der Waals surface area contributed by atoms with Crippen LogP contribution in [0.25, 0.3) is 0 Å². The van der Waals surface area contributed by atoms with Crippen LogP contribution in [0.15, 0.2) is 0 Å². The summed E-state index contributed by atoms with van der Waals surface area (Å²) in [5, 5.41) is 1.92. The Morgan fingerprint density at radius 1 is 1.25 bits per heavy atom. The van der Waals surface area contributed by atoms with Gasteiger partial charge >= 0.3 is 0 Å². The Morgan fingerprint density at radius 2 is 1.75 bits per heavy atom. The molecule has 2 atom stereocenters. The molecule has 7 heteroatoms. The van der Waals surface area contributed by atoms with Gasteiger partial charge in [0.2, 0.25) is 5.91 Å². The van der Waals surface area contributed by atoms with Gasteiger partial charge in [-0.05, 0) is 0 Å². The molecule has 0 bridgehead atoms. The van der Waals surface area contributed by atoms with Crippen LogP contribution < -0.4 is 28.3 Å². The highest BCUT2D eigenvalue weighted by Gasteiger charge is 2.47. The fourth-order valence-corrected chi connectivity index (χ4v) is 0.915. The van der Waals surface area contributed by atoms with Crippen molar-refractivity contribution < 1.29 is 9.59 Å². The van der Waals surface area contributed by atoms with E-state index >= 15 is 0 Å². The molecule has 0 spiro atoms. The molecule has 1 rings (SSSR count). The van der Waals surface area contributed by atoms with E-state index in [0.29, 0.717) is 0 Å². The number of amides is 2. The molecule has 1 aliphatic heterocycles. The molecule has 0 saturated carbocycles. The molecular formula is C5H11N5O2. The highest BCUT2D eigenvalue weighted by atomic mass is 16.2. The quantitative estimate of drug-likeness (QED) is 0.185. The SMILES string of the molecule is NC1C(=O)NC(=O)C(N)(N)C1N. The summed E-state index contributed by atoms with van der Waals surface area (Å²) in [5.74, 6) is -1.46. The van der Waals surface area contributed by atoms with Crippen molar-refractivity contribution in [1.29, 1.82) is 0 Å². The lowest BCUT2D eigenvalue weighted by Crippen LogP contribution is -2.80. The van der Waals surface area contributed by atoms with Gasteiger partial charge in [-0.2, -0.15) is 0 Å². The van der Waals surface area contributed by atoms with E-state index < -0.39 is 29.6 Å². The Hall–Kier alpha value is -1.02. The Labute approximate surface area is 68.4 Å². The molecule has 0 aromatic heterocycles. The molecule has 9 N–H and O–H groups in total. The van der Waals surface area contributed by atoms with Crippen molar-refractivity contribution in [2.75, 3.05) is 0 Å². The van der Waals surface area contributed by atoms with E-state index in [-0.39, 0.29) is 0 Å². The number of carbonyl (C=O) groups excluding carboxylic acids is 2. The lowest BCUT2D eigenvalue weighted by molar-refractivity contribution is -0.139. The first-order chi connectivity index (χ1) is 5.37. The van der Waals surface area contributed by atoms with Crippen LogP contribution in [0, 0.1) is 0 Å². The molecule has 2 amide bonds. The van der Waals surface area contributed by atoms with Gasteiger partial charge in [0, 0.05) is 0 Å². The van der Waals surface area contributed by atoms with Crippen LogP contribution in [0.1, 0.15) is 0 Å². The van der Waals surface area contributed by atoms with Crippen LogP contribution in [-0.2, 0) is 9.59 Å². The zero-order valence-electron chi connectivity index (χ0n) is 6.28. The van der Waals surface area contributed by atoms with Gasteiger partial charge in [-0.25, -0.2) is 0 Å². The van der Waals surface area contributed by atoms with Crippen molar-refractivity contribution >= 4 is 11.8 Å². The van der Waals surface area contributed by atoms with Gasteiger partial charge in [-0.3, -0.25) is 14.9 Å². The Balaban J connectivity index is 2.95. The summed E-state index contributed by atoms with van der Waals surface area (Å²) in [6, 6.07) is -2.10. The second kappa shape index (κ2) is 2.49. The smallest absolute Gasteiger partial charge is 0.263 e. The molecule has 0 aromatic rings. The highest BCUT2D eigenvalue weighted by molar-refractivity contribution is 6.05. The number of hydrogen-bond donors (Lipinski definition) is 5. The average Bonchev–Trinajstić information content (AvgIpc) is 1.99. The maximum atomic E-state index is 11.0. The fourth-order valence-electron chi connectivity index (χ4n) is 0.915. The van der Waals surface area contributed by atoms with Crippen LogP contribution in [0.3, 0.4) is 0 Å². The van der Waals surface area contributed by atoms with E-state index in [1.165, 1.54) is 0 Å². The van der Waals surface area contributed by atoms with E-state index in [9.17, 15) is 9.59 Å². The van der Waals surface area contributed by atoms with Crippen molar-refractivity contribution in [3.05, 3.63) is 0 Å². The van der Waals surface area contributed by atoms with Crippen LogP contribution in [-0.4, -0.2) is 29.6 Å². The maximum absolute atomic E-state index is 11.0. The van der Waals surface area contributed by atoms with E-state index in [1.807, 2.05) is 5.32 Å². The minimum atomic E-state index is -1.77. The molecule has 68 valence electrons. The van der Waals surface area contributed by atoms with Crippen molar-refractivity contribution in [3.8, 4) is 0 Å². The van der Waals surface area contributed by atoms with E-state index in [2.05, 4.69) is 0 Å². The summed E-state index contributed by atoms with van der Waals surface area (Å²) in [6.07, 6.45) is 0. The predicted octanol–water partition coefficient (Wildman–Crippen LogP) is -4.09. The third-order valence-electron chi connectivity index (χ3n) is 1.87. The average molecular weight is 173 g/mol. The minimum Gasteiger partial charge on any atom is -0.323 e. The molecule has 0 aliphatic carbocycles. The summed E-state index contributed by atoms with van der Waals surface area (Å²) in [5.41, 5.74) is 19.6. The van der Waals surface area contributed by atoms with Crippen LogP contribution >= 0.6 is 0 Å². The number of imide groups is 1. The molecule has 1 aliphatic rings. The molecule has 1 saturated heterocycles. The van der Waals surface area contributed by atoms with Gasteiger partial charge in [0.05, 0.1) is 6.04 Å². The number of carbonyl (C=O) groups is 2. The minimum absolute atomic E-state index is 0.654. The lowest BCUT2D eigenvalue weighted by atomic mass is 9.91. The summed E-state index contributed by atoms with van der Waals surface area (Å²) in [6.45, 7) is 0. The van der Waals surface area contributed by atoms with E-state index in [4.69, 9.17) is 22.9 Å². The number of nitrogens with one attached hydrogen (secondary N) is 1. The number of rotatable bonds is 0. The zero-order chi connectivity index (χ0) is 9.52. The molecule has 1 fully saturated rings. The van der Waals surface area contributed by atoms with E-state index in [1.54, 1.807) is 0 Å². The Kier molecular flexibility index (Phi) is 1.88. The first kappa shape index (κ1) is 9.07. The molecule has 7 nitrogen and oxygen atoms in total. The second-order valence-electron chi connectivity index (χ2n) is 2.80. The second-order valence-corrected chi connectivity index (χ2v) is 2.80. The maximum Gasteiger partial charge on any atom is 0.263 e. The van der Waals surface area contributed by atoms with Crippen molar-refractivity contribution in [2.24, 2.45) is 22.9 Å². The van der Waals surface area contributed by atoms with Gasteiger partial charge in [0.1, 0.15) is 6.04 Å². The largest absolute Gasteiger partial charge is 0.323 e. The van der Waals surface area contributed by atoms with Gasteiger partial charge in [-0.1, -0.05) is 0 Å². The van der Waals surface area contributed by atoms with Crippen LogP contribution in [0.5, 0.6) is 0 Å². The molecule has 2 unspecified atom stereocenters. The highest BCUT2D eigenvalue weighted by Crippen LogP contribution is 2.06. The van der Waals surface area contributed by atoms with Gasteiger partial charge in [0.25, 0.3) is 5.91 Å². The predicted molar refractivity (Wildman–Crippen MR) is 40.2 cm³/mol. The summed E-state index contributed by atoms with van der Waals surface area (Å²) in [7, 11) is 0. The summed E-state index contributed by atoms with van der Waals surface area (Å²) < 4.78 is 0. The first-order valence-electron chi connectivity index (χ1n) is 3.31. The van der Waals surface area contributed by atoms with Gasteiger partial charge in [-0.15, -0.1) is 0 Å². The van der Waals surface area contributed by atoms with Crippen LogP contribution in [0.2, 0.25) is 0 Å². The van der Waals surface area contributed by atoms with E-state index in [0.717, 1.165) is 0 Å². The van der Waals surface area contributed by atoms with Crippen molar-refractivity contribution in [3.63, 3.8) is 0 Å². The Bertz CT molecular complexity index is 238. The van der Waals surface area contributed by atoms with Crippen molar-refractivity contribution in [1.82, 2.24) is 5.32 Å².